The molecule has 0 N–H and O–H groups in total. The van der Waals surface area contributed by atoms with Crippen molar-refractivity contribution in [3.63, 3.8) is 0 Å². The molecule has 1 amide bonds. The van der Waals surface area contributed by atoms with E-state index in [4.69, 9.17) is 0 Å². The first-order chi connectivity index (χ1) is 12.1. The highest BCUT2D eigenvalue weighted by Gasteiger charge is 2.50. The normalized spacial score (nSPS) is 23.7. The molecule has 1 aromatic heterocycles. The van der Waals surface area contributed by atoms with Gasteiger partial charge in [-0.05, 0) is 43.5 Å². The van der Waals surface area contributed by atoms with E-state index in [9.17, 15) is 4.79 Å². The van der Waals surface area contributed by atoms with Crippen molar-refractivity contribution in [2.24, 2.45) is 5.41 Å². The molecule has 0 radical (unpaired) electrons. The summed E-state index contributed by atoms with van der Waals surface area (Å²) in [6, 6.07) is 12.6. The fraction of sp³-hybridized carbons (Fsp3) is 0.429. The molecule has 2 saturated heterocycles. The molecule has 1 spiro atoms. The summed E-state index contributed by atoms with van der Waals surface area (Å²) >= 11 is 0. The lowest BCUT2D eigenvalue weighted by Crippen LogP contribution is -2.36. The average molecular weight is 335 g/mol. The Hall–Kier alpha value is -2.20. The minimum Gasteiger partial charge on any atom is -0.338 e. The molecule has 4 nitrogen and oxygen atoms in total. The molecule has 1 aromatic carbocycles. The number of benzene rings is 1. The fourth-order valence-corrected chi connectivity index (χ4v) is 4.30. The van der Waals surface area contributed by atoms with Crippen LogP contribution in [0.1, 0.15) is 29.5 Å². The number of hydrogen-bond acceptors (Lipinski definition) is 3. The molecule has 2 aliphatic rings. The second-order valence-electron chi connectivity index (χ2n) is 7.57. The first-order valence-electron chi connectivity index (χ1n) is 9.11. The average Bonchev–Trinajstić information content (AvgIpc) is 3.15. The Morgan fingerprint density at radius 2 is 1.92 bits per heavy atom. The summed E-state index contributed by atoms with van der Waals surface area (Å²) < 4.78 is 0. The molecule has 4 rings (SSSR count). The van der Waals surface area contributed by atoms with Gasteiger partial charge in [0, 0.05) is 38.6 Å². The monoisotopic (exact) mass is 335 g/mol. The Morgan fingerprint density at radius 3 is 2.72 bits per heavy atom. The molecule has 0 saturated carbocycles. The van der Waals surface area contributed by atoms with Crippen LogP contribution >= 0.6 is 0 Å². The number of likely N-dealkylation sites (tertiary alicyclic amines) is 2. The van der Waals surface area contributed by atoms with Crippen molar-refractivity contribution in [3.05, 3.63) is 65.5 Å². The van der Waals surface area contributed by atoms with Gasteiger partial charge in [0.1, 0.15) is 0 Å². The van der Waals surface area contributed by atoms with Gasteiger partial charge in [0.05, 0.1) is 5.41 Å². The number of amides is 1. The molecule has 0 aliphatic carbocycles. The van der Waals surface area contributed by atoms with Crippen LogP contribution in [0, 0.1) is 12.3 Å². The van der Waals surface area contributed by atoms with E-state index in [1.165, 1.54) is 16.7 Å². The van der Waals surface area contributed by atoms with E-state index in [1.807, 2.05) is 12.3 Å². The van der Waals surface area contributed by atoms with E-state index in [0.29, 0.717) is 5.91 Å². The molecule has 3 heterocycles. The molecular weight excluding hydrogens is 310 g/mol. The Kier molecular flexibility index (Phi) is 4.30. The Balaban J connectivity index is 1.41. The minimum atomic E-state index is -0.161. The lowest BCUT2D eigenvalue weighted by Gasteiger charge is -2.24. The molecule has 2 fully saturated rings. The zero-order valence-corrected chi connectivity index (χ0v) is 14.8. The number of carbonyl (C=O) groups excluding carboxylic acids is 1. The third-order valence-corrected chi connectivity index (χ3v) is 5.62. The maximum absolute atomic E-state index is 13.1. The smallest absolute Gasteiger partial charge is 0.230 e. The first kappa shape index (κ1) is 16.3. The first-order valence-corrected chi connectivity index (χ1v) is 9.11. The fourth-order valence-electron chi connectivity index (χ4n) is 4.30. The van der Waals surface area contributed by atoms with Crippen molar-refractivity contribution >= 4 is 5.91 Å². The van der Waals surface area contributed by atoms with E-state index in [0.717, 1.165) is 45.6 Å². The topological polar surface area (TPSA) is 36.4 Å². The van der Waals surface area contributed by atoms with Crippen LogP contribution in [-0.2, 0) is 17.9 Å². The van der Waals surface area contributed by atoms with Crippen LogP contribution in [0.15, 0.2) is 48.8 Å². The highest BCUT2D eigenvalue weighted by atomic mass is 16.2. The highest BCUT2D eigenvalue weighted by molar-refractivity contribution is 5.85. The maximum atomic E-state index is 13.1. The highest BCUT2D eigenvalue weighted by Crippen LogP contribution is 2.41. The van der Waals surface area contributed by atoms with Gasteiger partial charge in [0.2, 0.25) is 5.91 Å². The van der Waals surface area contributed by atoms with Crippen molar-refractivity contribution in [1.29, 1.82) is 0 Å². The van der Waals surface area contributed by atoms with Crippen molar-refractivity contribution in [2.75, 3.05) is 19.6 Å². The zero-order chi connectivity index (χ0) is 17.3. The summed E-state index contributed by atoms with van der Waals surface area (Å²) in [5.41, 5.74) is 3.55. The minimum absolute atomic E-state index is 0.161. The van der Waals surface area contributed by atoms with E-state index in [-0.39, 0.29) is 5.41 Å². The van der Waals surface area contributed by atoms with Gasteiger partial charge in [-0.15, -0.1) is 0 Å². The summed E-state index contributed by atoms with van der Waals surface area (Å²) in [5, 5.41) is 0. The van der Waals surface area contributed by atoms with E-state index in [2.05, 4.69) is 52.0 Å². The van der Waals surface area contributed by atoms with Crippen LogP contribution in [0.2, 0.25) is 0 Å². The number of hydrogen-bond donors (Lipinski definition) is 0. The number of aromatic nitrogens is 1. The van der Waals surface area contributed by atoms with Gasteiger partial charge in [0.25, 0.3) is 0 Å². The quantitative estimate of drug-likeness (QED) is 0.862. The Bertz CT molecular complexity index is 761. The number of carbonyl (C=O) groups is 1. The molecule has 2 aliphatic heterocycles. The Labute approximate surface area is 149 Å². The van der Waals surface area contributed by atoms with Crippen LogP contribution in [0.3, 0.4) is 0 Å². The van der Waals surface area contributed by atoms with Gasteiger partial charge in [0.15, 0.2) is 0 Å². The van der Waals surface area contributed by atoms with E-state index >= 15 is 0 Å². The number of rotatable bonds is 4. The number of pyridine rings is 1. The Morgan fingerprint density at radius 1 is 1.08 bits per heavy atom. The van der Waals surface area contributed by atoms with Gasteiger partial charge in [-0.1, -0.05) is 35.9 Å². The second-order valence-corrected chi connectivity index (χ2v) is 7.57. The summed E-state index contributed by atoms with van der Waals surface area (Å²) in [4.78, 5) is 21.8. The third kappa shape index (κ3) is 3.31. The van der Waals surface area contributed by atoms with Crippen LogP contribution in [0.5, 0.6) is 0 Å². The van der Waals surface area contributed by atoms with Crippen molar-refractivity contribution < 1.29 is 4.79 Å². The van der Waals surface area contributed by atoms with Gasteiger partial charge in [-0.2, -0.15) is 0 Å². The molecule has 130 valence electrons. The predicted octanol–water partition coefficient (Wildman–Crippen LogP) is 3.01. The van der Waals surface area contributed by atoms with Crippen molar-refractivity contribution in [2.45, 2.75) is 32.9 Å². The third-order valence-electron chi connectivity index (χ3n) is 5.62. The molecule has 0 unspecified atom stereocenters. The van der Waals surface area contributed by atoms with Gasteiger partial charge >= 0.3 is 0 Å². The zero-order valence-electron chi connectivity index (χ0n) is 14.8. The van der Waals surface area contributed by atoms with Crippen LogP contribution in [0.25, 0.3) is 0 Å². The predicted molar refractivity (Wildman–Crippen MR) is 97.8 cm³/mol. The second kappa shape index (κ2) is 6.60. The van der Waals surface area contributed by atoms with E-state index < -0.39 is 0 Å². The van der Waals surface area contributed by atoms with Crippen LogP contribution in [-0.4, -0.2) is 40.3 Å². The van der Waals surface area contributed by atoms with Crippen LogP contribution in [0.4, 0.5) is 0 Å². The summed E-state index contributed by atoms with van der Waals surface area (Å²) in [6.07, 6.45) is 5.70. The number of aryl methyl sites for hydroxylation is 1. The lowest BCUT2D eigenvalue weighted by molar-refractivity contribution is -0.136. The van der Waals surface area contributed by atoms with Gasteiger partial charge in [-0.25, -0.2) is 0 Å². The van der Waals surface area contributed by atoms with Crippen LogP contribution < -0.4 is 0 Å². The van der Waals surface area contributed by atoms with E-state index in [1.54, 1.807) is 6.20 Å². The molecule has 0 bridgehead atoms. The van der Waals surface area contributed by atoms with Crippen molar-refractivity contribution in [1.82, 2.24) is 14.8 Å². The molecule has 4 heteroatoms. The standard InChI is InChI=1S/C21H25N3O/c1-17-4-2-5-18(12-17)15-24-11-8-21(20(24)25)7-10-23(16-21)14-19-6-3-9-22-13-19/h2-6,9,12-13H,7-8,10-11,14-16H2,1H3/t21-/m1/s1. The largest absolute Gasteiger partial charge is 0.338 e. The summed E-state index contributed by atoms with van der Waals surface area (Å²) in [5.74, 6) is 0.350. The summed E-state index contributed by atoms with van der Waals surface area (Å²) in [6.45, 7) is 6.49. The maximum Gasteiger partial charge on any atom is 0.230 e. The summed E-state index contributed by atoms with van der Waals surface area (Å²) in [7, 11) is 0. The van der Waals surface area contributed by atoms with Crippen molar-refractivity contribution in [3.8, 4) is 0 Å². The molecule has 25 heavy (non-hydrogen) atoms. The van der Waals surface area contributed by atoms with Gasteiger partial charge in [-0.3, -0.25) is 14.7 Å². The molecule has 2 aromatic rings. The number of nitrogens with zero attached hydrogens (tertiary/aromatic N) is 3. The molecular formula is C21H25N3O. The molecule has 1 atom stereocenters. The SMILES string of the molecule is Cc1cccc(CN2CC[C@@]3(CCN(Cc4cccnc4)C3)C2=O)c1. The lowest BCUT2D eigenvalue weighted by atomic mass is 9.85. The van der Waals surface area contributed by atoms with Gasteiger partial charge < -0.3 is 4.90 Å².